The molecule has 0 aliphatic carbocycles. The summed E-state index contributed by atoms with van der Waals surface area (Å²) in [5.41, 5.74) is 9.45. The Morgan fingerprint density at radius 1 is 0.452 bits per heavy atom. The van der Waals surface area contributed by atoms with Crippen LogP contribution in [0.25, 0.3) is 66.1 Å². The highest BCUT2D eigenvalue weighted by Crippen LogP contribution is 2.42. The Bertz CT molecular complexity index is 2430. The van der Waals surface area contributed by atoms with E-state index >= 15 is 0 Å². The molecule has 0 amide bonds. The van der Waals surface area contributed by atoms with Crippen molar-refractivity contribution in [2.45, 2.75) is 0 Å². The SMILES string of the molecule is N#Cc1ccc(-c2cccc(-n3c4ccccc4c4c5c6ccccc6n(-c6ccccc6)c5ccc43)c2)c(C#N)c1. The largest absolute Gasteiger partial charge is 0.309 e. The Kier molecular flexibility index (Phi) is 5.22. The number of hydrogen-bond donors (Lipinski definition) is 0. The van der Waals surface area contributed by atoms with Gasteiger partial charge in [-0.3, -0.25) is 0 Å². The molecule has 0 radical (unpaired) electrons. The first-order valence-corrected chi connectivity index (χ1v) is 13.8. The normalized spacial score (nSPS) is 11.3. The van der Waals surface area contributed by atoms with Gasteiger partial charge in [0, 0.05) is 32.9 Å². The van der Waals surface area contributed by atoms with Crippen molar-refractivity contribution in [3.8, 4) is 34.6 Å². The first-order chi connectivity index (χ1) is 20.8. The van der Waals surface area contributed by atoms with Crippen LogP contribution in [0, 0.1) is 22.7 Å². The zero-order valence-corrected chi connectivity index (χ0v) is 22.5. The summed E-state index contributed by atoms with van der Waals surface area (Å²) in [6, 6.07) is 50.2. The maximum atomic E-state index is 9.84. The van der Waals surface area contributed by atoms with E-state index in [0.29, 0.717) is 11.1 Å². The van der Waals surface area contributed by atoms with Crippen LogP contribution in [-0.2, 0) is 0 Å². The highest BCUT2D eigenvalue weighted by atomic mass is 15.0. The molecule has 0 saturated heterocycles. The average Bonchev–Trinajstić information content (AvgIpc) is 3.57. The van der Waals surface area contributed by atoms with Crippen LogP contribution in [0.3, 0.4) is 0 Å². The zero-order chi connectivity index (χ0) is 28.2. The highest BCUT2D eigenvalue weighted by Gasteiger charge is 2.20. The third-order valence-electron chi connectivity index (χ3n) is 8.17. The molecular formula is C38H22N4. The molecule has 0 aliphatic rings. The molecule has 0 saturated carbocycles. The second kappa shape index (κ2) is 9.24. The van der Waals surface area contributed by atoms with Crippen molar-refractivity contribution in [1.29, 1.82) is 10.5 Å². The predicted octanol–water partition coefficient (Wildman–Crippen LogP) is 9.29. The molecule has 4 nitrogen and oxygen atoms in total. The Morgan fingerprint density at radius 2 is 1.05 bits per heavy atom. The van der Waals surface area contributed by atoms with Gasteiger partial charge in [-0.2, -0.15) is 10.5 Å². The molecule has 194 valence electrons. The fourth-order valence-corrected chi connectivity index (χ4v) is 6.42. The van der Waals surface area contributed by atoms with E-state index in [1.165, 1.54) is 32.6 Å². The number of nitriles is 2. The van der Waals surface area contributed by atoms with Gasteiger partial charge in [0.05, 0.1) is 45.3 Å². The second-order valence-electron chi connectivity index (χ2n) is 10.4. The molecule has 0 atom stereocenters. The molecule has 42 heavy (non-hydrogen) atoms. The highest BCUT2D eigenvalue weighted by molar-refractivity contribution is 6.28. The molecule has 0 bridgehead atoms. The summed E-state index contributed by atoms with van der Waals surface area (Å²) < 4.78 is 4.67. The Labute approximate surface area is 242 Å². The van der Waals surface area contributed by atoms with Crippen molar-refractivity contribution >= 4 is 43.6 Å². The van der Waals surface area contributed by atoms with Gasteiger partial charge >= 0.3 is 0 Å². The fraction of sp³-hybridized carbons (Fsp3) is 0. The van der Waals surface area contributed by atoms with E-state index in [2.05, 4.69) is 124 Å². The molecule has 8 rings (SSSR count). The summed E-state index contributed by atoms with van der Waals surface area (Å²) >= 11 is 0. The predicted molar refractivity (Wildman–Crippen MR) is 170 cm³/mol. The third-order valence-corrected chi connectivity index (χ3v) is 8.17. The van der Waals surface area contributed by atoms with E-state index in [4.69, 9.17) is 0 Å². The smallest absolute Gasteiger partial charge is 0.0998 e. The minimum absolute atomic E-state index is 0.479. The monoisotopic (exact) mass is 534 g/mol. The van der Waals surface area contributed by atoms with Crippen molar-refractivity contribution < 1.29 is 0 Å². The van der Waals surface area contributed by atoms with Crippen molar-refractivity contribution in [3.63, 3.8) is 0 Å². The van der Waals surface area contributed by atoms with E-state index < -0.39 is 0 Å². The Morgan fingerprint density at radius 3 is 1.69 bits per heavy atom. The number of nitrogens with zero attached hydrogens (tertiary/aromatic N) is 4. The molecule has 0 fully saturated rings. The molecule has 0 unspecified atom stereocenters. The summed E-state index contributed by atoms with van der Waals surface area (Å²) in [6.45, 7) is 0. The topological polar surface area (TPSA) is 57.4 Å². The number of fused-ring (bicyclic) bond motifs is 7. The van der Waals surface area contributed by atoms with Gasteiger partial charge < -0.3 is 9.13 Å². The van der Waals surface area contributed by atoms with Crippen molar-refractivity contribution in [3.05, 3.63) is 145 Å². The molecule has 2 heterocycles. The molecule has 0 aliphatic heterocycles. The second-order valence-corrected chi connectivity index (χ2v) is 10.4. The van der Waals surface area contributed by atoms with Gasteiger partial charge in [-0.1, -0.05) is 72.8 Å². The van der Waals surface area contributed by atoms with E-state index in [9.17, 15) is 10.5 Å². The Hall–Kier alpha value is -6.10. The lowest BCUT2D eigenvalue weighted by atomic mass is 9.98. The lowest BCUT2D eigenvalue weighted by Gasteiger charge is -2.11. The van der Waals surface area contributed by atoms with E-state index in [1.807, 2.05) is 18.2 Å². The first kappa shape index (κ1) is 23.8. The lowest BCUT2D eigenvalue weighted by Crippen LogP contribution is -1.95. The van der Waals surface area contributed by atoms with Crippen LogP contribution in [0.2, 0.25) is 0 Å². The number of hydrogen-bond acceptors (Lipinski definition) is 2. The molecule has 4 heteroatoms. The number of aromatic nitrogens is 2. The summed E-state index contributed by atoms with van der Waals surface area (Å²) in [7, 11) is 0. The summed E-state index contributed by atoms with van der Waals surface area (Å²) in [5, 5.41) is 24.0. The standard InChI is InChI=1S/C38H22N4/c39-23-25-17-18-30(27(21-25)24-40)26-9-8-12-29(22-26)42-34-16-7-5-14-32(34)38-36(42)20-19-35-37(38)31-13-4-6-15-33(31)41(35)28-10-2-1-3-11-28/h1-22H. The van der Waals surface area contributed by atoms with Crippen LogP contribution in [-0.4, -0.2) is 9.13 Å². The molecule has 8 aromatic rings. The zero-order valence-electron chi connectivity index (χ0n) is 22.5. The number of para-hydroxylation sites is 3. The van der Waals surface area contributed by atoms with Gasteiger partial charge in [0.25, 0.3) is 0 Å². The molecule has 6 aromatic carbocycles. The van der Waals surface area contributed by atoms with Crippen LogP contribution < -0.4 is 0 Å². The van der Waals surface area contributed by atoms with Gasteiger partial charge in [-0.15, -0.1) is 0 Å². The minimum atomic E-state index is 0.479. The summed E-state index contributed by atoms with van der Waals surface area (Å²) in [5.74, 6) is 0. The van der Waals surface area contributed by atoms with Gasteiger partial charge in [0.2, 0.25) is 0 Å². The number of rotatable bonds is 3. The lowest BCUT2D eigenvalue weighted by molar-refractivity contribution is 1.17. The van der Waals surface area contributed by atoms with Gasteiger partial charge in [-0.05, 0) is 71.8 Å². The number of benzene rings is 6. The Balaban J connectivity index is 1.46. The molecular weight excluding hydrogens is 512 g/mol. The minimum Gasteiger partial charge on any atom is -0.309 e. The van der Waals surface area contributed by atoms with E-state index in [0.717, 1.165) is 33.5 Å². The first-order valence-electron chi connectivity index (χ1n) is 13.8. The third kappa shape index (κ3) is 3.40. The summed E-state index contributed by atoms with van der Waals surface area (Å²) in [4.78, 5) is 0. The molecule has 0 spiro atoms. The van der Waals surface area contributed by atoms with Crippen LogP contribution in [0.15, 0.2) is 133 Å². The van der Waals surface area contributed by atoms with E-state index in [1.54, 1.807) is 12.1 Å². The maximum absolute atomic E-state index is 9.84. The summed E-state index contributed by atoms with van der Waals surface area (Å²) in [6.07, 6.45) is 0. The molecule has 0 N–H and O–H groups in total. The van der Waals surface area contributed by atoms with Crippen LogP contribution in [0.4, 0.5) is 0 Å². The van der Waals surface area contributed by atoms with Crippen molar-refractivity contribution in [1.82, 2.24) is 9.13 Å². The van der Waals surface area contributed by atoms with Crippen molar-refractivity contribution in [2.24, 2.45) is 0 Å². The molecule has 2 aromatic heterocycles. The van der Waals surface area contributed by atoms with E-state index in [-0.39, 0.29) is 0 Å². The van der Waals surface area contributed by atoms with Crippen LogP contribution in [0.5, 0.6) is 0 Å². The quantitative estimate of drug-likeness (QED) is 0.227. The van der Waals surface area contributed by atoms with Gasteiger partial charge in [0.15, 0.2) is 0 Å². The van der Waals surface area contributed by atoms with Crippen LogP contribution >= 0.6 is 0 Å². The maximum Gasteiger partial charge on any atom is 0.0998 e. The van der Waals surface area contributed by atoms with Gasteiger partial charge in [-0.25, -0.2) is 0 Å². The van der Waals surface area contributed by atoms with Crippen molar-refractivity contribution in [2.75, 3.05) is 0 Å². The average molecular weight is 535 g/mol. The van der Waals surface area contributed by atoms with Gasteiger partial charge in [0.1, 0.15) is 0 Å². The fourth-order valence-electron chi connectivity index (χ4n) is 6.42. The van der Waals surface area contributed by atoms with Crippen LogP contribution in [0.1, 0.15) is 11.1 Å².